The van der Waals surface area contributed by atoms with Gasteiger partial charge in [0.25, 0.3) is 0 Å². The Kier molecular flexibility index (Phi) is 5.10. The Morgan fingerprint density at radius 3 is 2.21 bits per heavy atom. The summed E-state index contributed by atoms with van der Waals surface area (Å²) in [5.41, 5.74) is 1.08. The summed E-state index contributed by atoms with van der Waals surface area (Å²) in [5, 5.41) is 0. The van der Waals surface area contributed by atoms with E-state index in [0.29, 0.717) is 26.2 Å². The van der Waals surface area contributed by atoms with Crippen molar-refractivity contribution in [3.63, 3.8) is 0 Å². The lowest BCUT2D eigenvalue weighted by Gasteiger charge is -2.39. The van der Waals surface area contributed by atoms with E-state index in [-0.39, 0.29) is 17.9 Å². The summed E-state index contributed by atoms with van der Waals surface area (Å²) in [6.45, 7) is 2.65. The summed E-state index contributed by atoms with van der Waals surface area (Å²) in [7, 11) is 0. The molecule has 0 spiro atoms. The molecule has 1 saturated heterocycles. The first-order valence-corrected chi connectivity index (χ1v) is 9.53. The molecule has 4 rings (SSSR count). The maximum Gasteiger partial charge on any atom is 0.416 e. The van der Waals surface area contributed by atoms with Crippen LogP contribution in [-0.2, 0) is 11.0 Å². The highest BCUT2D eigenvalue weighted by molar-refractivity contribution is 5.81. The number of pyridine rings is 1. The molecular formula is C21H22F3N3O. The number of carbonyl (C=O) groups excluding carboxylic acids is 1. The third kappa shape index (κ3) is 4.04. The fraction of sp³-hybridized carbons (Fsp3) is 0.429. The standard InChI is InChI=1S/C21H22F3N3O/c22-21(23,24)18-7-5-15(6-8-18)19(17-2-1-9-25-14-17)26-10-12-27(13-11-26)20(28)16-3-4-16/h1-2,5-9,14,16,19H,3-4,10-13H2. The molecule has 1 amide bonds. The molecule has 1 aliphatic carbocycles. The van der Waals surface area contributed by atoms with Crippen molar-refractivity contribution in [1.29, 1.82) is 0 Å². The van der Waals surface area contributed by atoms with E-state index in [1.165, 1.54) is 0 Å². The lowest BCUT2D eigenvalue weighted by Crippen LogP contribution is -2.50. The first kappa shape index (κ1) is 18.9. The van der Waals surface area contributed by atoms with Gasteiger partial charge in [0.15, 0.2) is 0 Å². The highest BCUT2D eigenvalue weighted by atomic mass is 19.4. The number of carbonyl (C=O) groups is 1. The number of aromatic nitrogens is 1. The van der Waals surface area contributed by atoms with Gasteiger partial charge in [0.05, 0.1) is 11.6 Å². The van der Waals surface area contributed by atoms with Crippen LogP contribution in [0.5, 0.6) is 0 Å². The largest absolute Gasteiger partial charge is 0.416 e. The smallest absolute Gasteiger partial charge is 0.340 e. The Balaban J connectivity index is 1.56. The second-order valence-electron chi connectivity index (χ2n) is 7.44. The lowest BCUT2D eigenvalue weighted by molar-refractivity contribution is -0.137. The normalized spacial score (nSPS) is 19.5. The van der Waals surface area contributed by atoms with Crippen molar-refractivity contribution < 1.29 is 18.0 Å². The number of piperazine rings is 1. The van der Waals surface area contributed by atoms with E-state index in [1.807, 2.05) is 17.0 Å². The Labute approximate surface area is 162 Å². The van der Waals surface area contributed by atoms with E-state index < -0.39 is 11.7 Å². The Morgan fingerprint density at radius 2 is 1.68 bits per heavy atom. The number of halogens is 3. The summed E-state index contributed by atoms with van der Waals surface area (Å²) < 4.78 is 38.8. The predicted molar refractivity (Wildman–Crippen MR) is 98.4 cm³/mol. The Bertz CT molecular complexity index is 811. The maximum absolute atomic E-state index is 12.9. The molecule has 1 unspecified atom stereocenters. The van der Waals surface area contributed by atoms with E-state index in [4.69, 9.17) is 0 Å². The Morgan fingerprint density at radius 1 is 1.00 bits per heavy atom. The highest BCUT2D eigenvalue weighted by Gasteiger charge is 2.36. The van der Waals surface area contributed by atoms with Crippen molar-refractivity contribution in [3.8, 4) is 0 Å². The van der Waals surface area contributed by atoms with Crippen molar-refractivity contribution in [2.24, 2.45) is 5.92 Å². The number of hydrogen-bond donors (Lipinski definition) is 0. The van der Waals surface area contributed by atoms with Crippen LogP contribution in [0.15, 0.2) is 48.8 Å². The monoisotopic (exact) mass is 389 g/mol. The fourth-order valence-corrected chi connectivity index (χ4v) is 3.80. The van der Waals surface area contributed by atoms with Crippen molar-refractivity contribution in [3.05, 3.63) is 65.5 Å². The van der Waals surface area contributed by atoms with Crippen LogP contribution in [0.2, 0.25) is 0 Å². The van der Waals surface area contributed by atoms with Gasteiger partial charge < -0.3 is 4.90 Å². The fourth-order valence-electron chi connectivity index (χ4n) is 3.80. The van der Waals surface area contributed by atoms with Crippen molar-refractivity contribution in [1.82, 2.24) is 14.8 Å². The van der Waals surface area contributed by atoms with Crippen LogP contribution in [0.25, 0.3) is 0 Å². The van der Waals surface area contributed by atoms with Crippen molar-refractivity contribution in [2.45, 2.75) is 25.1 Å². The molecule has 0 bridgehead atoms. The van der Waals surface area contributed by atoms with Crippen LogP contribution >= 0.6 is 0 Å². The van der Waals surface area contributed by atoms with Gasteiger partial charge in [-0.05, 0) is 42.2 Å². The van der Waals surface area contributed by atoms with Crippen LogP contribution in [-0.4, -0.2) is 46.9 Å². The molecule has 1 saturated carbocycles. The highest BCUT2D eigenvalue weighted by Crippen LogP contribution is 2.35. The molecule has 1 atom stereocenters. The van der Waals surface area contributed by atoms with Crippen molar-refractivity contribution >= 4 is 5.91 Å². The molecule has 0 radical (unpaired) electrons. The maximum atomic E-state index is 12.9. The third-order valence-electron chi connectivity index (χ3n) is 5.47. The minimum atomic E-state index is -4.35. The average Bonchev–Trinajstić information content (AvgIpc) is 3.54. The third-order valence-corrected chi connectivity index (χ3v) is 5.47. The SMILES string of the molecule is O=C(C1CC1)N1CCN(C(c2ccc(C(F)(F)F)cc2)c2cccnc2)CC1. The van der Waals surface area contributed by atoms with Gasteiger partial charge in [0.1, 0.15) is 0 Å². The minimum Gasteiger partial charge on any atom is -0.340 e. The molecule has 4 nitrogen and oxygen atoms in total. The Hall–Kier alpha value is -2.41. The van der Waals surface area contributed by atoms with Crippen LogP contribution in [0.1, 0.15) is 35.6 Å². The summed E-state index contributed by atoms with van der Waals surface area (Å²) in [6.07, 6.45) is 1.06. The number of rotatable bonds is 4. The van der Waals surface area contributed by atoms with Gasteiger partial charge in [0, 0.05) is 44.5 Å². The van der Waals surface area contributed by atoms with Crippen LogP contribution in [0.3, 0.4) is 0 Å². The first-order chi connectivity index (χ1) is 13.4. The van der Waals surface area contributed by atoms with Gasteiger partial charge in [-0.1, -0.05) is 18.2 Å². The predicted octanol–water partition coefficient (Wildman–Crippen LogP) is 3.74. The minimum absolute atomic E-state index is 0.186. The van der Waals surface area contributed by atoms with Crippen LogP contribution < -0.4 is 0 Å². The van der Waals surface area contributed by atoms with Crippen LogP contribution in [0.4, 0.5) is 13.2 Å². The van der Waals surface area contributed by atoms with Crippen molar-refractivity contribution in [2.75, 3.05) is 26.2 Å². The molecule has 1 aromatic carbocycles. The van der Waals surface area contributed by atoms with Gasteiger partial charge in [-0.3, -0.25) is 14.7 Å². The van der Waals surface area contributed by atoms with E-state index in [2.05, 4.69) is 9.88 Å². The molecule has 2 aromatic rings. The number of amides is 1. The van der Waals surface area contributed by atoms with E-state index in [0.717, 1.165) is 36.1 Å². The molecule has 2 fully saturated rings. The summed E-state index contributed by atoms with van der Waals surface area (Å²) in [6, 6.07) is 8.94. The molecule has 1 aromatic heterocycles. The molecule has 2 aliphatic rings. The lowest BCUT2D eigenvalue weighted by atomic mass is 9.96. The molecular weight excluding hydrogens is 367 g/mol. The van der Waals surface area contributed by atoms with E-state index >= 15 is 0 Å². The van der Waals surface area contributed by atoms with Gasteiger partial charge in [-0.2, -0.15) is 13.2 Å². The number of alkyl halides is 3. The number of nitrogens with zero attached hydrogens (tertiary/aromatic N) is 3. The summed E-state index contributed by atoms with van der Waals surface area (Å²) in [4.78, 5) is 20.6. The summed E-state index contributed by atoms with van der Waals surface area (Å²) in [5.74, 6) is 0.447. The zero-order valence-corrected chi connectivity index (χ0v) is 15.4. The van der Waals surface area contributed by atoms with E-state index in [1.54, 1.807) is 24.5 Å². The quantitative estimate of drug-likeness (QED) is 0.799. The molecule has 148 valence electrons. The molecule has 2 heterocycles. The number of hydrogen-bond acceptors (Lipinski definition) is 3. The number of benzene rings is 1. The van der Waals surface area contributed by atoms with Gasteiger partial charge in [-0.25, -0.2) is 0 Å². The van der Waals surface area contributed by atoms with Gasteiger partial charge in [-0.15, -0.1) is 0 Å². The first-order valence-electron chi connectivity index (χ1n) is 9.53. The molecule has 0 N–H and O–H groups in total. The van der Waals surface area contributed by atoms with Gasteiger partial charge in [0.2, 0.25) is 5.91 Å². The molecule has 28 heavy (non-hydrogen) atoms. The van der Waals surface area contributed by atoms with Gasteiger partial charge >= 0.3 is 6.18 Å². The molecule has 1 aliphatic heterocycles. The van der Waals surface area contributed by atoms with Crippen LogP contribution in [0, 0.1) is 5.92 Å². The zero-order valence-electron chi connectivity index (χ0n) is 15.4. The second-order valence-corrected chi connectivity index (χ2v) is 7.44. The van der Waals surface area contributed by atoms with E-state index in [9.17, 15) is 18.0 Å². The topological polar surface area (TPSA) is 36.4 Å². The average molecular weight is 389 g/mol. The second kappa shape index (κ2) is 7.54. The summed E-state index contributed by atoms with van der Waals surface area (Å²) >= 11 is 0. The molecule has 7 heteroatoms. The zero-order chi connectivity index (χ0) is 19.7.